The summed E-state index contributed by atoms with van der Waals surface area (Å²) in [5, 5.41) is 0.554. The molecule has 0 N–H and O–H groups in total. The summed E-state index contributed by atoms with van der Waals surface area (Å²) >= 11 is 0. The molecule has 1 rings (SSSR count). The van der Waals surface area contributed by atoms with Crippen LogP contribution in [0.5, 0.6) is 0 Å². The van der Waals surface area contributed by atoms with Gasteiger partial charge >= 0.3 is 0 Å². The van der Waals surface area contributed by atoms with Crippen LogP contribution in [-0.4, -0.2) is 45.0 Å². The largest absolute Gasteiger partial charge is 0.344 e. The molecule has 2 atom stereocenters. The third-order valence-corrected chi connectivity index (χ3v) is 7.49. The number of carbonyl (C=O) groups is 2. The highest BCUT2D eigenvalue weighted by molar-refractivity contribution is 7.04. The molecule has 1 saturated heterocycles. The van der Waals surface area contributed by atoms with Gasteiger partial charge in [0, 0.05) is 12.8 Å². The third kappa shape index (κ3) is 5.43. The molecular formula is C15H30O4Si2. The zero-order valence-electron chi connectivity index (χ0n) is 14.7. The van der Waals surface area contributed by atoms with Gasteiger partial charge in [0.15, 0.2) is 5.79 Å². The minimum Gasteiger partial charge on any atom is -0.344 e. The van der Waals surface area contributed by atoms with Crippen LogP contribution in [0.2, 0.25) is 39.3 Å². The van der Waals surface area contributed by atoms with Gasteiger partial charge in [0.2, 0.25) is 0 Å². The van der Waals surface area contributed by atoms with E-state index in [-0.39, 0.29) is 23.0 Å². The van der Waals surface area contributed by atoms with Crippen molar-refractivity contribution in [1.29, 1.82) is 0 Å². The third-order valence-electron chi connectivity index (χ3n) is 3.73. The second-order valence-corrected chi connectivity index (χ2v) is 18.6. The first-order valence-electron chi connectivity index (χ1n) is 7.64. The summed E-state index contributed by atoms with van der Waals surface area (Å²) in [6.45, 7) is 15.9. The highest BCUT2D eigenvalue weighted by Crippen LogP contribution is 2.33. The van der Waals surface area contributed by atoms with Gasteiger partial charge in [0.1, 0.15) is 27.0 Å². The van der Waals surface area contributed by atoms with E-state index in [1.54, 1.807) is 0 Å². The van der Waals surface area contributed by atoms with Crippen molar-refractivity contribution in [2.75, 3.05) is 0 Å². The summed E-state index contributed by atoms with van der Waals surface area (Å²) in [7, 11) is -3.66. The molecule has 0 unspecified atom stereocenters. The van der Waals surface area contributed by atoms with E-state index in [2.05, 4.69) is 0 Å². The van der Waals surface area contributed by atoms with E-state index in [0.29, 0.717) is 12.8 Å². The molecule has 6 heteroatoms. The van der Waals surface area contributed by atoms with Crippen molar-refractivity contribution >= 4 is 27.0 Å². The van der Waals surface area contributed by atoms with E-state index >= 15 is 0 Å². The molecule has 4 nitrogen and oxygen atoms in total. The van der Waals surface area contributed by atoms with Gasteiger partial charge in [-0.05, 0) is 13.8 Å². The van der Waals surface area contributed by atoms with E-state index in [4.69, 9.17) is 9.47 Å². The molecule has 0 aromatic heterocycles. The van der Waals surface area contributed by atoms with E-state index in [1.165, 1.54) is 0 Å². The molecule has 1 aliphatic heterocycles. The van der Waals surface area contributed by atoms with Gasteiger partial charge in [0.25, 0.3) is 0 Å². The predicted octanol–water partition coefficient (Wildman–Crippen LogP) is 3.18. The fourth-order valence-electron chi connectivity index (χ4n) is 2.23. The van der Waals surface area contributed by atoms with Crippen molar-refractivity contribution in [3.8, 4) is 0 Å². The maximum Gasteiger partial charge on any atom is 0.163 e. The molecule has 1 aliphatic rings. The molecular weight excluding hydrogens is 300 g/mol. The molecule has 1 fully saturated rings. The summed E-state index contributed by atoms with van der Waals surface area (Å²) in [4.78, 5) is 24.6. The van der Waals surface area contributed by atoms with Crippen molar-refractivity contribution in [2.45, 2.75) is 84.0 Å². The molecule has 0 amide bonds. The molecule has 0 bridgehead atoms. The Kier molecular flexibility index (Phi) is 5.41. The van der Waals surface area contributed by atoms with Crippen molar-refractivity contribution in [3.63, 3.8) is 0 Å². The van der Waals surface area contributed by atoms with Gasteiger partial charge in [-0.3, -0.25) is 0 Å². The fourth-order valence-corrected chi connectivity index (χ4v) is 3.86. The van der Waals surface area contributed by atoms with Crippen LogP contribution in [0, 0.1) is 0 Å². The number of hydrogen-bond acceptors (Lipinski definition) is 4. The molecule has 0 aliphatic carbocycles. The van der Waals surface area contributed by atoms with Crippen LogP contribution < -0.4 is 0 Å². The highest BCUT2D eigenvalue weighted by Gasteiger charge is 2.45. The Hall–Kier alpha value is -0.306. The Labute approximate surface area is 130 Å². The Morgan fingerprint density at radius 3 is 1.33 bits per heavy atom. The number of carbonyl (C=O) groups excluding carboxylic acids is 2. The quantitative estimate of drug-likeness (QED) is 0.702. The molecule has 0 aromatic carbocycles. The first-order valence-corrected chi connectivity index (χ1v) is 14.6. The average Bonchev–Trinajstić information content (AvgIpc) is 2.50. The normalized spacial score (nSPS) is 25.9. The SMILES string of the molecule is CC1(C)O[C@@H](CC(=O)[Si](C)(C)C)[C@@H](CC(=O)[Si](C)(C)C)O1. The summed E-state index contributed by atoms with van der Waals surface area (Å²) in [5.41, 5.74) is 0. The lowest BCUT2D eigenvalue weighted by atomic mass is 10.1. The van der Waals surface area contributed by atoms with E-state index in [0.717, 1.165) is 0 Å². The van der Waals surface area contributed by atoms with Gasteiger partial charge in [0.05, 0.1) is 12.2 Å². The average molecular weight is 331 g/mol. The summed E-state index contributed by atoms with van der Waals surface area (Å²) in [5.74, 6) is -0.714. The van der Waals surface area contributed by atoms with Crippen LogP contribution in [-0.2, 0) is 19.1 Å². The Balaban J connectivity index is 2.80. The second kappa shape index (κ2) is 6.06. The highest BCUT2D eigenvalue weighted by atomic mass is 28.3. The maximum atomic E-state index is 12.3. The van der Waals surface area contributed by atoms with Crippen LogP contribution in [0.4, 0.5) is 0 Å². The van der Waals surface area contributed by atoms with Crippen LogP contribution in [0.1, 0.15) is 26.7 Å². The first kappa shape index (κ1) is 18.7. The van der Waals surface area contributed by atoms with Crippen LogP contribution in [0.15, 0.2) is 0 Å². The van der Waals surface area contributed by atoms with Gasteiger partial charge in [-0.15, -0.1) is 0 Å². The Bertz CT molecular complexity index is 380. The zero-order valence-corrected chi connectivity index (χ0v) is 16.7. The van der Waals surface area contributed by atoms with Crippen molar-refractivity contribution < 1.29 is 19.1 Å². The Morgan fingerprint density at radius 2 is 1.10 bits per heavy atom. The minimum atomic E-state index is -1.83. The molecule has 0 aromatic rings. The van der Waals surface area contributed by atoms with Gasteiger partial charge in [-0.2, -0.15) is 0 Å². The lowest BCUT2D eigenvalue weighted by molar-refractivity contribution is -0.148. The lowest BCUT2D eigenvalue weighted by Crippen LogP contribution is -2.41. The monoisotopic (exact) mass is 330 g/mol. The van der Waals surface area contributed by atoms with E-state index in [1.807, 2.05) is 53.1 Å². The minimum absolute atomic E-state index is 0.277. The molecule has 21 heavy (non-hydrogen) atoms. The Morgan fingerprint density at radius 1 is 0.810 bits per heavy atom. The van der Waals surface area contributed by atoms with Gasteiger partial charge in [-0.25, -0.2) is 0 Å². The van der Waals surface area contributed by atoms with Crippen molar-refractivity contribution in [3.05, 3.63) is 0 Å². The topological polar surface area (TPSA) is 52.6 Å². The van der Waals surface area contributed by atoms with Crippen LogP contribution >= 0.6 is 0 Å². The summed E-state index contributed by atoms with van der Waals surface area (Å²) < 4.78 is 11.8. The number of hydrogen-bond donors (Lipinski definition) is 0. The van der Waals surface area contributed by atoms with E-state index < -0.39 is 21.9 Å². The molecule has 122 valence electrons. The first-order chi connectivity index (χ1) is 9.22. The summed E-state index contributed by atoms with van der Waals surface area (Å²) in [6, 6.07) is 0. The van der Waals surface area contributed by atoms with Crippen molar-refractivity contribution in [2.24, 2.45) is 0 Å². The smallest absolute Gasteiger partial charge is 0.163 e. The van der Waals surface area contributed by atoms with Crippen molar-refractivity contribution in [1.82, 2.24) is 0 Å². The second-order valence-electron chi connectivity index (χ2n) is 8.47. The molecule has 0 radical (unpaired) electrons. The standard InChI is InChI=1S/C15H30O4Si2/c1-15(2)18-11(9-13(16)20(3,4)5)12(19-15)10-14(17)21(6,7)8/h11-12H,9-10H2,1-8H3/t11-,12+. The molecule has 0 saturated carbocycles. The van der Waals surface area contributed by atoms with Gasteiger partial charge < -0.3 is 19.1 Å². The molecule has 1 heterocycles. The summed E-state index contributed by atoms with van der Waals surface area (Å²) in [6.07, 6.45) is 0.144. The zero-order chi connectivity index (χ0) is 16.6. The lowest BCUT2D eigenvalue weighted by Gasteiger charge is -2.22. The van der Waals surface area contributed by atoms with Crippen LogP contribution in [0.3, 0.4) is 0 Å². The van der Waals surface area contributed by atoms with E-state index in [9.17, 15) is 9.59 Å². The van der Waals surface area contributed by atoms with Crippen LogP contribution in [0.25, 0.3) is 0 Å². The molecule has 0 spiro atoms. The van der Waals surface area contributed by atoms with Gasteiger partial charge in [-0.1, -0.05) is 39.3 Å². The predicted molar refractivity (Wildman–Crippen MR) is 89.8 cm³/mol. The number of ether oxygens (including phenoxy) is 2. The maximum absolute atomic E-state index is 12.3. The number of rotatable bonds is 6. The fraction of sp³-hybridized carbons (Fsp3) is 0.867.